The van der Waals surface area contributed by atoms with Gasteiger partial charge in [-0.25, -0.2) is 4.68 Å². The van der Waals surface area contributed by atoms with E-state index in [1.54, 1.807) is 7.11 Å². The van der Waals surface area contributed by atoms with Gasteiger partial charge in [-0.3, -0.25) is 0 Å². The Kier molecular flexibility index (Phi) is 3.51. The lowest BCUT2D eigenvalue weighted by atomic mass is 9.92. The van der Waals surface area contributed by atoms with E-state index in [0.717, 1.165) is 22.9 Å². The minimum absolute atomic E-state index is 0.0235. The Morgan fingerprint density at radius 1 is 1.21 bits per heavy atom. The van der Waals surface area contributed by atoms with Crippen LogP contribution in [0.15, 0.2) is 30.3 Å². The van der Waals surface area contributed by atoms with E-state index in [1.807, 2.05) is 36.0 Å². The quantitative estimate of drug-likeness (QED) is 0.920. The van der Waals surface area contributed by atoms with Crippen LogP contribution in [0, 0.1) is 0 Å². The Morgan fingerprint density at radius 2 is 1.95 bits per heavy atom. The van der Waals surface area contributed by atoms with E-state index in [9.17, 15) is 0 Å². The van der Waals surface area contributed by atoms with Crippen LogP contribution in [0.3, 0.4) is 0 Å². The Balaban J connectivity index is 2.51. The molecule has 2 aromatic rings. The number of methoxy groups -OCH3 is 1. The fourth-order valence-electron chi connectivity index (χ4n) is 1.86. The van der Waals surface area contributed by atoms with E-state index < -0.39 is 0 Å². The number of hydrogen-bond donors (Lipinski definition) is 1. The third-order valence-corrected chi connectivity index (χ3v) is 3.03. The van der Waals surface area contributed by atoms with Crippen LogP contribution in [-0.4, -0.2) is 23.9 Å². The molecule has 2 rings (SSSR count). The molecular formula is C15H21N3O. The highest BCUT2D eigenvalue weighted by Crippen LogP contribution is 2.27. The van der Waals surface area contributed by atoms with Crippen molar-refractivity contribution in [1.82, 2.24) is 9.78 Å². The lowest BCUT2D eigenvalue weighted by Crippen LogP contribution is -2.12. The van der Waals surface area contributed by atoms with E-state index in [2.05, 4.69) is 32.2 Å². The first-order valence-corrected chi connectivity index (χ1v) is 6.38. The summed E-state index contributed by atoms with van der Waals surface area (Å²) in [6.45, 7) is 6.47. The van der Waals surface area contributed by atoms with Crippen LogP contribution in [0.4, 0.5) is 5.82 Å². The molecular weight excluding hydrogens is 238 g/mol. The van der Waals surface area contributed by atoms with Gasteiger partial charge in [-0.2, -0.15) is 5.10 Å². The molecule has 1 N–H and O–H groups in total. The zero-order valence-electron chi connectivity index (χ0n) is 12.2. The lowest BCUT2D eigenvalue weighted by molar-refractivity contribution is 0.414. The van der Waals surface area contributed by atoms with Gasteiger partial charge in [-0.1, -0.05) is 26.8 Å². The summed E-state index contributed by atoms with van der Waals surface area (Å²) in [6.07, 6.45) is 0. The molecule has 0 bridgehead atoms. The largest absolute Gasteiger partial charge is 0.497 e. The molecule has 102 valence electrons. The molecule has 0 aliphatic rings. The van der Waals surface area contributed by atoms with Crippen molar-refractivity contribution in [3.63, 3.8) is 0 Å². The highest BCUT2D eigenvalue weighted by atomic mass is 16.5. The number of aromatic nitrogens is 2. The summed E-state index contributed by atoms with van der Waals surface area (Å²) >= 11 is 0. The highest BCUT2D eigenvalue weighted by molar-refractivity contribution is 5.49. The minimum atomic E-state index is 0.0235. The first kappa shape index (κ1) is 13.5. The summed E-state index contributed by atoms with van der Waals surface area (Å²) < 4.78 is 7.17. The second kappa shape index (κ2) is 4.96. The van der Waals surface area contributed by atoms with Crippen molar-refractivity contribution in [2.45, 2.75) is 26.2 Å². The molecule has 1 aromatic carbocycles. The smallest absolute Gasteiger partial charge is 0.129 e. The number of benzene rings is 1. The first-order chi connectivity index (χ1) is 8.95. The van der Waals surface area contributed by atoms with Crippen molar-refractivity contribution in [2.75, 3.05) is 19.5 Å². The van der Waals surface area contributed by atoms with E-state index in [4.69, 9.17) is 9.84 Å². The van der Waals surface area contributed by atoms with Crippen molar-refractivity contribution in [3.8, 4) is 11.4 Å². The fourth-order valence-corrected chi connectivity index (χ4v) is 1.86. The summed E-state index contributed by atoms with van der Waals surface area (Å²) in [6, 6.07) is 9.96. The van der Waals surface area contributed by atoms with Gasteiger partial charge in [0.25, 0.3) is 0 Å². The highest BCUT2D eigenvalue weighted by Gasteiger charge is 2.20. The normalized spacial score (nSPS) is 11.4. The van der Waals surface area contributed by atoms with Crippen molar-refractivity contribution in [1.29, 1.82) is 0 Å². The monoisotopic (exact) mass is 259 g/mol. The molecule has 0 unspecified atom stereocenters. The van der Waals surface area contributed by atoms with Gasteiger partial charge in [0.05, 0.1) is 18.5 Å². The summed E-state index contributed by atoms with van der Waals surface area (Å²) in [4.78, 5) is 0. The Bertz CT molecular complexity index is 567. The third-order valence-electron chi connectivity index (χ3n) is 3.03. The maximum Gasteiger partial charge on any atom is 0.129 e. The molecule has 0 aliphatic carbocycles. The number of ether oxygens (including phenoxy) is 1. The molecule has 1 aromatic heterocycles. The number of nitrogens with one attached hydrogen (secondary N) is 1. The number of rotatable bonds is 3. The van der Waals surface area contributed by atoms with Crippen LogP contribution in [0.5, 0.6) is 5.75 Å². The first-order valence-electron chi connectivity index (χ1n) is 6.38. The van der Waals surface area contributed by atoms with E-state index in [-0.39, 0.29) is 5.41 Å². The summed E-state index contributed by atoms with van der Waals surface area (Å²) in [5, 5.41) is 7.88. The topological polar surface area (TPSA) is 39.1 Å². The molecule has 1 heterocycles. The SMILES string of the molecule is CNc1cc(C(C)(C)C)nn1-c1cccc(OC)c1. The van der Waals surface area contributed by atoms with Crippen LogP contribution in [0.1, 0.15) is 26.5 Å². The zero-order valence-corrected chi connectivity index (χ0v) is 12.2. The van der Waals surface area contributed by atoms with Crippen LogP contribution in [0.2, 0.25) is 0 Å². The number of anilines is 1. The van der Waals surface area contributed by atoms with Crippen molar-refractivity contribution < 1.29 is 4.74 Å². The predicted molar refractivity (Wildman–Crippen MR) is 78.4 cm³/mol. The lowest BCUT2D eigenvalue weighted by Gasteiger charge is -2.14. The van der Waals surface area contributed by atoms with Crippen molar-refractivity contribution in [2.24, 2.45) is 0 Å². The van der Waals surface area contributed by atoms with Crippen LogP contribution in [-0.2, 0) is 5.41 Å². The van der Waals surface area contributed by atoms with Gasteiger partial charge in [0, 0.05) is 24.6 Å². The predicted octanol–water partition coefficient (Wildman–Crippen LogP) is 3.22. The van der Waals surface area contributed by atoms with E-state index in [1.165, 1.54) is 0 Å². The van der Waals surface area contributed by atoms with Gasteiger partial charge in [0.1, 0.15) is 11.6 Å². The average molecular weight is 259 g/mol. The van der Waals surface area contributed by atoms with Gasteiger partial charge in [0.2, 0.25) is 0 Å². The molecule has 0 atom stereocenters. The maximum atomic E-state index is 5.26. The Hall–Kier alpha value is -1.97. The third kappa shape index (κ3) is 2.72. The van der Waals surface area contributed by atoms with Gasteiger partial charge >= 0.3 is 0 Å². The average Bonchev–Trinajstić information content (AvgIpc) is 2.83. The zero-order chi connectivity index (χ0) is 14.0. The minimum Gasteiger partial charge on any atom is -0.497 e. The van der Waals surface area contributed by atoms with Crippen molar-refractivity contribution >= 4 is 5.82 Å². The summed E-state index contributed by atoms with van der Waals surface area (Å²) in [5.74, 6) is 1.80. The van der Waals surface area contributed by atoms with E-state index >= 15 is 0 Å². The molecule has 0 saturated carbocycles. The molecule has 19 heavy (non-hydrogen) atoms. The molecule has 0 aliphatic heterocycles. The van der Waals surface area contributed by atoms with Gasteiger partial charge in [-0.05, 0) is 12.1 Å². The van der Waals surface area contributed by atoms with Crippen molar-refractivity contribution in [3.05, 3.63) is 36.0 Å². The van der Waals surface area contributed by atoms with Gasteiger partial charge in [0.15, 0.2) is 0 Å². The fraction of sp³-hybridized carbons (Fsp3) is 0.400. The standard InChI is InChI=1S/C15H21N3O/c1-15(2,3)13-10-14(16-4)18(17-13)11-7-6-8-12(9-11)19-5/h6-10,16H,1-5H3. The van der Waals surface area contributed by atoms with Crippen LogP contribution < -0.4 is 10.1 Å². The molecule has 0 fully saturated rings. The molecule has 0 radical (unpaired) electrons. The van der Waals surface area contributed by atoms with Gasteiger partial charge in [-0.15, -0.1) is 0 Å². The summed E-state index contributed by atoms with van der Waals surface area (Å²) in [5.41, 5.74) is 2.06. The maximum absolute atomic E-state index is 5.26. The summed E-state index contributed by atoms with van der Waals surface area (Å²) in [7, 11) is 3.57. The molecule has 4 nitrogen and oxygen atoms in total. The molecule has 0 spiro atoms. The number of hydrogen-bond acceptors (Lipinski definition) is 3. The van der Waals surface area contributed by atoms with E-state index in [0.29, 0.717) is 0 Å². The molecule has 4 heteroatoms. The number of nitrogens with zero attached hydrogens (tertiary/aromatic N) is 2. The second-order valence-corrected chi connectivity index (χ2v) is 5.53. The molecule has 0 amide bonds. The van der Waals surface area contributed by atoms with Crippen LogP contribution in [0.25, 0.3) is 5.69 Å². The Morgan fingerprint density at radius 3 is 2.53 bits per heavy atom. The molecule has 0 saturated heterocycles. The van der Waals surface area contributed by atoms with Gasteiger partial charge < -0.3 is 10.1 Å². The Labute approximate surface area is 114 Å². The van der Waals surface area contributed by atoms with Crippen LogP contribution >= 0.6 is 0 Å². The second-order valence-electron chi connectivity index (χ2n) is 5.53.